The summed E-state index contributed by atoms with van der Waals surface area (Å²) < 4.78 is 0. The normalized spacial score (nSPS) is 10.7. The minimum absolute atomic E-state index is 0.0425. The summed E-state index contributed by atoms with van der Waals surface area (Å²) in [5.74, 6) is 0.909. The van der Waals surface area contributed by atoms with E-state index in [9.17, 15) is 4.79 Å². The molecule has 1 aromatic rings. The van der Waals surface area contributed by atoms with Crippen molar-refractivity contribution in [3.63, 3.8) is 0 Å². The first-order chi connectivity index (χ1) is 7.15. The fourth-order valence-electron chi connectivity index (χ4n) is 1.21. The van der Waals surface area contributed by atoms with Crippen molar-refractivity contribution in [3.8, 4) is 0 Å². The number of aliphatic hydroxyl groups is 1. The summed E-state index contributed by atoms with van der Waals surface area (Å²) in [6.07, 6.45) is 0. The maximum atomic E-state index is 11.6. The molecule has 15 heavy (non-hydrogen) atoms. The first-order valence-corrected chi connectivity index (χ1v) is 6.01. The highest BCUT2D eigenvalue weighted by Crippen LogP contribution is 2.19. The Kier molecular flexibility index (Phi) is 4.85. The van der Waals surface area contributed by atoms with Crippen molar-refractivity contribution in [2.24, 2.45) is 5.92 Å². The number of aliphatic hydroxyl groups excluding tert-OH is 1. The molecule has 1 N–H and O–H groups in total. The Morgan fingerprint density at radius 2 is 1.93 bits per heavy atom. The van der Waals surface area contributed by atoms with Crippen molar-refractivity contribution in [1.29, 1.82) is 0 Å². The van der Waals surface area contributed by atoms with E-state index >= 15 is 0 Å². The zero-order valence-electron chi connectivity index (χ0n) is 9.06. The minimum atomic E-state index is 0.0425. The smallest absolute Gasteiger partial charge is 0.165 e. The highest BCUT2D eigenvalue weighted by atomic mass is 32.2. The molecule has 0 amide bonds. The molecule has 1 rings (SSSR count). The van der Waals surface area contributed by atoms with Gasteiger partial charge in [-0.15, -0.1) is 11.8 Å². The van der Waals surface area contributed by atoms with E-state index in [2.05, 4.69) is 0 Å². The monoisotopic (exact) mass is 224 g/mol. The Morgan fingerprint density at radius 1 is 1.33 bits per heavy atom. The molecule has 0 aliphatic rings. The average Bonchev–Trinajstić information content (AvgIpc) is 2.26. The number of hydrogen-bond donors (Lipinski definition) is 1. The summed E-state index contributed by atoms with van der Waals surface area (Å²) in [5, 5.41) is 8.67. The van der Waals surface area contributed by atoms with Gasteiger partial charge in [0.15, 0.2) is 5.78 Å². The number of carbonyl (C=O) groups excluding carboxylic acids is 1. The van der Waals surface area contributed by atoms with Crippen LogP contribution in [0.4, 0.5) is 0 Å². The third-order valence-corrected chi connectivity index (χ3v) is 3.02. The molecule has 0 radical (unpaired) electrons. The molecule has 0 bridgehead atoms. The van der Waals surface area contributed by atoms with Gasteiger partial charge < -0.3 is 5.11 Å². The van der Waals surface area contributed by atoms with Gasteiger partial charge in [-0.25, -0.2) is 0 Å². The van der Waals surface area contributed by atoms with E-state index in [0.29, 0.717) is 5.75 Å². The second kappa shape index (κ2) is 5.93. The molecule has 0 spiro atoms. The van der Waals surface area contributed by atoms with Gasteiger partial charge in [0.1, 0.15) is 0 Å². The van der Waals surface area contributed by atoms with Crippen molar-refractivity contribution in [1.82, 2.24) is 0 Å². The van der Waals surface area contributed by atoms with E-state index in [0.717, 1.165) is 10.5 Å². The van der Waals surface area contributed by atoms with Crippen LogP contribution < -0.4 is 0 Å². The minimum Gasteiger partial charge on any atom is -0.396 e. The predicted octanol–water partition coefficient (Wildman–Crippen LogP) is 2.61. The zero-order valence-corrected chi connectivity index (χ0v) is 9.88. The second-order valence-corrected chi connectivity index (χ2v) is 4.78. The molecule has 0 saturated heterocycles. The Morgan fingerprint density at radius 3 is 2.40 bits per heavy atom. The standard InChI is InChI=1S/C12H16O2S/c1-9(2)12(14)10-3-5-11(6-4-10)15-8-7-13/h3-6,9,13H,7-8H2,1-2H3. The van der Waals surface area contributed by atoms with Crippen molar-refractivity contribution in [2.45, 2.75) is 18.7 Å². The van der Waals surface area contributed by atoms with Gasteiger partial charge in [0.2, 0.25) is 0 Å². The fraction of sp³-hybridized carbons (Fsp3) is 0.417. The van der Waals surface area contributed by atoms with E-state index in [1.165, 1.54) is 0 Å². The molecule has 0 aliphatic heterocycles. The third kappa shape index (κ3) is 3.68. The van der Waals surface area contributed by atoms with Gasteiger partial charge in [-0.05, 0) is 12.1 Å². The molecule has 0 saturated carbocycles. The van der Waals surface area contributed by atoms with E-state index in [1.54, 1.807) is 11.8 Å². The Hall–Kier alpha value is -0.800. The maximum Gasteiger partial charge on any atom is 0.165 e. The number of Topliss-reactive ketones (excluding diaryl/α,β-unsaturated/α-hetero) is 1. The van der Waals surface area contributed by atoms with Gasteiger partial charge in [0.05, 0.1) is 6.61 Å². The summed E-state index contributed by atoms with van der Waals surface area (Å²) >= 11 is 1.59. The van der Waals surface area contributed by atoms with Crippen molar-refractivity contribution < 1.29 is 9.90 Å². The van der Waals surface area contributed by atoms with Gasteiger partial charge in [-0.2, -0.15) is 0 Å². The number of carbonyl (C=O) groups is 1. The van der Waals surface area contributed by atoms with Crippen LogP contribution in [0.2, 0.25) is 0 Å². The lowest BCUT2D eigenvalue weighted by Gasteiger charge is -2.05. The summed E-state index contributed by atoms with van der Waals surface area (Å²) in [5.41, 5.74) is 0.762. The van der Waals surface area contributed by atoms with Crippen LogP contribution in [-0.4, -0.2) is 23.2 Å². The highest BCUT2D eigenvalue weighted by Gasteiger charge is 2.09. The Labute approximate surface area is 94.7 Å². The Bertz CT molecular complexity index is 317. The van der Waals surface area contributed by atoms with Gasteiger partial charge in [0, 0.05) is 22.1 Å². The molecule has 0 aliphatic carbocycles. The first-order valence-electron chi connectivity index (χ1n) is 5.03. The lowest BCUT2D eigenvalue weighted by Crippen LogP contribution is -2.06. The molecule has 3 heteroatoms. The maximum absolute atomic E-state index is 11.6. The van der Waals surface area contributed by atoms with Crippen LogP contribution in [0.1, 0.15) is 24.2 Å². The van der Waals surface area contributed by atoms with Crippen molar-refractivity contribution in [2.75, 3.05) is 12.4 Å². The van der Waals surface area contributed by atoms with Crippen LogP contribution >= 0.6 is 11.8 Å². The topological polar surface area (TPSA) is 37.3 Å². The molecule has 1 aromatic carbocycles. The second-order valence-electron chi connectivity index (χ2n) is 3.62. The first kappa shape index (κ1) is 12.3. The molecule has 0 heterocycles. The molecule has 0 unspecified atom stereocenters. The van der Waals surface area contributed by atoms with Crippen LogP contribution in [-0.2, 0) is 0 Å². The van der Waals surface area contributed by atoms with E-state index in [-0.39, 0.29) is 18.3 Å². The predicted molar refractivity (Wildman–Crippen MR) is 63.4 cm³/mol. The molecule has 82 valence electrons. The summed E-state index contributed by atoms with van der Waals surface area (Å²) in [4.78, 5) is 12.7. The van der Waals surface area contributed by atoms with E-state index in [1.807, 2.05) is 38.1 Å². The summed E-state index contributed by atoms with van der Waals surface area (Å²) in [7, 11) is 0. The molecule has 2 nitrogen and oxygen atoms in total. The van der Waals surface area contributed by atoms with Crippen LogP contribution in [0.15, 0.2) is 29.2 Å². The molecule has 0 aromatic heterocycles. The Balaban J connectivity index is 2.68. The lowest BCUT2D eigenvalue weighted by molar-refractivity contribution is 0.0939. The van der Waals surface area contributed by atoms with Crippen molar-refractivity contribution >= 4 is 17.5 Å². The van der Waals surface area contributed by atoms with Crippen molar-refractivity contribution in [3.05, 3.63) is 29.8 Å². The largest absolute Gasteiger partial charge is 0.396 e. The summed E-state index contributed by atoms with van der Waals surface area (Å²) in [6, 6.07) is 7.55. The molecule has 0 fully saturated rings. The molecule has 0 atom stereocenters. The average molecular weight is 224 g/mol. The van der Waals surface area contributed by atoms with Gasteiger partial charge in [-0.3, -0.25) is 4.79 Å². The number of rotatable bonds is 5. The quantitative estimate of drug-likeness (QED) is 0.617. The number of benzene rings is 1. The van der Waals surface area contributed by atoms with Crippen LogP contribution in [0.5, 0.6) is 0 Å². The van der Waals surface area contributed by atoms with Gasteiger partial charge >= 0.3 is 0 Å². The van der Waals surface area contributed by atoms with Gasteiger partial charge in [-0.1, -0.05) is 26.0 Å². The number of ketones is 1. The van der Waals surface area contributed by atoms with E-state index < -0.39 is 0 Å². The SMILES string of the molecule is CC(C)C(=O)c1ccc(SCCO)cc1. The van der Waals surface area contributed by atoms with Crippen LogP contribution in [0, 0.1) is 5.92 Å². The highest BCUT2D eigenvalue weighted by molar-refractivity contribution is 7.99. The number of hydrogen-bond acceptors (Lipinski definition) is 3. The third-order valence-electron chi connectivity index (χ3n) is 2.02. The van der Waals surface area contributed by atoms with E-state index in [4.69, 9.17) is 5.11 Å². The zero-order chi connectivity index (χ0) is 11.3. The van der Waals surface area contributed by atoms with Gasteiger partial charge in [0.25, 0.3) is 0 Å². The van der Waals surface area contributed by atoms with Crippen LogP contribution in [0.3, 0.4) is 0 Å². The molecular formula is C12H16O2S. The van der Waals surface area contributed by atoms with Crippen LogP contribution in [0.25, 0.3) is 0 Å². The lowest BCUT2D eigenvalue weighted by atomic mass is 10.0. The fourth-order valence-corrected chi connectivity index (χ4v) is 1.87. The number of thioether (sulfide) groups is 1. The summed E-state index contributed by atoms with van der Waals surface area (Å²) in [6.45, 7) is 3.98. The molecular weight excluding hydrogens is 208 g/mol.